The lowest BCUT2D eigenvalue weighted by Gasteiger charge is -2.17. The van der Waals surface area contributed by atoms with Crippen LogP contribution in [-0.4, -0.2) is 23.8 Å². The van der Waals surface area contributed by atoms with Crippen molar-refractivity contribution in [1.82, 2.24) is 4.98 Å². The summed E-state index contributed by atoms with van der Waals surface area (Å²) in [6, 6.07) is 6.97. The van der Waals surface area contributed by atoms with Gasteiger partial charge in [0.15, 0.2) is 0 Å². The van der Waals surface area contributed by atoms with Crippen LogP contribution in [0.1, 0.15) is 21.5 Å². The minimum absolute atomic E-state index is 0.319. The standard InChI is InChI=1S/C16H14N2O3/c1-10-5-11(8-17-7-10)9-18-14-6-12(21-2)3-4-13(14)15(19)16(18)20/h3-8H,9H2,1-2H3. The number of carbonyl (C=O) groups excluding carboxylic acids is 2. The summed E-state index contributed by atoms with van der Waals surface area (Å²) >= 11 is 0. The summed E-state index contributed by atoms with van der Waals surface area (Å²) < 4.78 is 5.17. The van der Waals surface area contributed by atoms with Crippen LogP contribution in [-0.2, 0) is 11.3 Å². The average Bonchev–Trinajstić information content (AvgIpc) is 2.72. The lowest BCUT2D eigenvalue weighted by Crippen LogP contribution is -2.29. The van der Waals surface area contributed by atoms with E-state index in [4.69, 9.17) is 4.74 Å². The maximum Gasteiger partial charge on any atom is 0.299 e. The van der Waals surface area contributed by atoms with Gasteiger partial charge in [-0.25, -0.2) is 0 Å². The fraction of sp³-hybridized carbons (Fsp3) is 0.188. The van der Waals surface area contributed by atoms with Crippen LogP contribution in [0.3, 0.4) is 0 Å². The highest BCUT2D eigenvalue weighted by Crippen LogP contribution is 2.33. The Hall–Kier alpha value is -2.69. The summed E-state index contributed by atoms with van der Waals surface area (Å²) in [4.78, 5) is 29.8. The van der Waals surface area contributed by atoms with Crippen molar-refractivity contribution in [3.63, 3.8) is 0 Å². The van der Waals surface area contributed by atoms with Gasteiger partial charge in [-0.15, -0.1) is 0 Å². The van der Waals surface area contributed by atoms with Crippen molar-refractivity contribution >= 4 is 17.4 Å². The minimum Gasteiger partial charge on any atom is -0.497 e. The number of hydrogen-bond acceptors (Lipinski definition) is 4. The van der Waals surface area contributed by atoms with Crippen molar-refractivity contribution in [2.24, 2.45) is 0 Å². The topological polar surface area (TPSA) is 59.5 Å². The second-order valence-electron chi connectivity index (χ2n) is 4.97. The maximum atomic E-state index is 12.2. The van der Waals surface area contributed by atoms with E-state index in [1.807, 2.05) is 13.0 Å². The number of ether oxygens (including phenoxy) is 1. The number of fused-ring (bicyclic) bond motifs is 1. The highest BCUT2D eigenvalue weighted by molar-refractivity contribution is 6.52. The Bertz CT molecular complexity index is 740. The molecule has 0 spiro atoms. The van der Waals surface area contributed by atoms with Crippen molar-refractivity contribution in [1.29, 1.82) is 0 Å². The summed E-state index contributed by atoms with van der Waals surface area (Å²) in [6.07, 6.45) is 3.44. The molecule has 0 N–H and O–H groups in total. The predicted molar refractivity (Wildman–Crippen MR) is 77.5 cm³/mol. The number of Topliss-reactive ketones (excluding diaryl/α,β-unsaturated/α-hetero) is 1. The molecule has 0 radical (unpaired) electrons. The molecule has 1 aromatic heterocycles. The van der Waals surface area contributed by atoms with E-state index in [9.17, 15) is 9.59 Å². The predicted octanol–water partition coefficient (Wildman–Crippen LogP) is 2.13. The van der Waals surface area contributed by atoms with Crippen LogP contribution in [0.2, 0.25) is 0 Å². The molecule has 1 aliphatic rings. The molecule has 5 nitrogen and oxygen atoms in total. The Balaban J connectivity index is 2.00. The average molecular weight is 282 g/mol. The van der Waals surface area contributed by atoms with E-state index in [0.717, 1.165) is 11.1 Å². The van der Waals surface area contributed by atoms with Gasteiger partial charge in [0.2, 0.25) is 0 Å². The Labute approximate surface area is 122 Å². The molecule has 0 aliphatic carbocycles. The molecular formula is C16H14N2O3. The molecule has 21 heavy (non-hydrogen) atoms. The van der Waals surface area contributed by atoms with Crippen LogP contribution >= 0.6 is 0 Å². The van der Waals surface area contributed by atoms with Gasteiger partial charge in [0, 0.05) is 18.5 Å². The number of aryl methyl sites for hydroxylation is 1. The number of rotatable bonds is 3. The molecule has 2 aromatic rings. The molecule has 0 fully saturated rings. The first-order valence-electron chi connectivity index (χ1n) is 6.55. The van der Waals surface area contributed by atoms with Crippen molar-refractivity contribution in [2.45, 2.75) is 13.5 Å². The molecule has 0 saturated carbocycles. The number of methoxy groups -OCH3 is 1. The van der Waals surface area contributed by atoms with E-state index in [1.54, 1.807) is 37.7 Å². The highest BCUT2D eigenvalue weighted by atomic mass is 16.5. The molecule has 5 heteroatoms. The molecule has 0 bridgehead atoms. The van der Waals surface area contributed by atoms with E-state index < -0.39 is 11.7 Å². The van der Waals surface area contributed by atoms with Gasteiger partial charge in [-0.05, 0) is 30.2 Å². The molecule has 106 valence electrons. The number of anilines is 1. The van der Waals surface area contributed by atoms with Crippen LogP contribution in [0.4, 0.5) is 5.69 Å². The van der Waals surface area contributed by atoms with Crippen LogP contribution < -0.4 is 9.64 Å². The summed E-state index contributed by atoms with van der Waals surface area (Å²) in [6.45, 7) is 2.25. The number of hydrogen-bond donors (Lipinski definition) is 0. The second-order valence-corrected chi connectivity index (χ2v) is 4.97. The first-order valence-corrected chi connectivity index (χ1v) is 6.55. The zero-order valence-corrected chi connectivity index (χ0v) is 11.8. The fourth-order valence-electron chi connectivity index (χ4n) is 2.44. The van der Waals surface area contributed by atoms with Crippen molar-refractivity contribution in [2.75, 3.05) is 12.0 Å². The summed E-state index contributed by atoms with van der Waals surface area (Å²) in [5.41, 5.74) is 2.90. The Morgan fingerprint density at radius 1 is 1.19 bits per heavy atom. The molecule has 1 amide bonds. The third-order valence-corrected chi connectivity index (χ3v) is 3.45. The highest BCUT2D eigenvalue weighted by Gasteiger charge is 2.36. The SMILES string of the molecule is COc1ccc2c(c1)N(Cc1cncc(C)c1)C(=O)C2=O. The number of amides is 1. The van der Waals surface area contributed by atoms with E-state index in [2.05, 4.69) is 4.98 Å². The molecule has 1 aromatic carbocycles. The summed E-state index contributed by atoms with van der Waals surface area (Å²) in [5.74, 6) is -0.378. The van der Waals surface area contributed by atoms with Gasteiger partial charge < -0.3 is 9.64 Å². The van der Waals surface area contributed by atoms with Gasteiger partial charge in [-0.2, -0.15) is 0 Å². The van der Waals surface area contributed by atoms with E-state index in [0.29, 0.717) is 23.5 Å². The van der Waals surface area contributed by atoms with E-state index in [-0.39, 0.29) is 0 Å². The van der Waals surface area contributed by atoms with Crippen molar-refractivity contribution in [3.8, 4) is 5.75 Å². The zero-order valence-electron chi connectivity index (χ0n) is 11.8. The van der Waals surface area contributed by atoms with E-state index in [1.165, 1.54) is 4.90 Å². The maximum absolute atomic E-state index is 12.2. The minimum atomic E-state index is -0.514. The third-order valence-electron chi connectivity index (χ3n) is 3.45. The number of nitrogens with zero attached hydrogens (tertiary/aromatic N) is 2. The summed E-state index contributed by atoms with van der Waals surface area (Å²) in [5, 5.41) is 0. The second kappa shape index (κ2) is 5.01. The van der Waals surface area contributed by atoms with Gasteiger partial charge in [-0.1, -0.05) is 6.07 Å². The quantitative estimate of drug-likeness (QED) is 0.809. The van der Waals surface area contributed by atoms with E-state index >= 15 is 0 Å². The molecule has 1 aliphatic heterocycles. The number of carbonyl (C=O) groups is 2. The number of benzene rings is 1. The van der Waals surface area contributed by atoms with Crippen LogP contribution in [0.5, 0.6) is 5.75 Å². The van der Waals surface area contributed by atoms with Gasteiger partial charge >= 0.3 is 0 Å². The molecule has 0 atom stereocenters. The lowest BCUT2D eigenvalue weighted by atomic mass is 10.1. The van der Waals surface area contributed by atoms with Crippen molar-refractivity contribution < 1.29 is 14.3 Å². The van der Waals surface area contributed by atoms with Gasteiger partial charge in [-0.3, -0.25) is 14.6 Å². The Morgan fingerprint density at radius 3 is 2.71 bits per heavy atom. The summed E-state index contributed by atoms with van der Waals surface area (Å²) in [7, 11) is 1.55. The monoisotopic (exact) mass is 282 g/mol. The lowest BCUT2D eigenvalue weighted by molar-refractivity contribution is -0.114. The fourth-order valence-corrected chi connectivity index (χ4v) is 2.44. The Morgan fingerprint density at radius 2 is 2.00 bits per heavy atom. The molecule has 0 unspecified atom stereocenters. The number of ketones is 1. The van der Waals surface area contributed by atoms with Gasteiger partial charge in [0.05, 0.1) is 24.9 Å². The van der Waals surface area contributed by atoms with Crippen molar-refractivity contribution in [3.05, 3.63) is 53.3 Å². The molecular weight excluding hydrogens is 268 g/mol. The number of pyridine rings is 1. The van der Waals surface area contributed by atoms with Crippen LogP contribution in [0.15, 0.2) is 36.7 Å². The normalized spacial score (nSPS) is 13.5. The first-order chi connectivity index (χ1) is 10.1. The zero-order chi connectivity index (χ0) is 15.0. The smallest absolute Gasteiger partial charge is 0.299 e. The largest absolute Gasteiger partial charge is 0.497 e. The first kappa shape index (κ1) is 13.3. The molecule has 2 heterocycles. The van der Waals surface area contributed by atoms with Gasteiger partial charge in [0.1, 0.15) is 5.75 Å². The number of aromatic nitrogens is 1. The van der Waals surface area contributed by atoms with Gasteiger partial charge in [0.25, 0.3) is 11.7 Å². The van der Waals surface area contributed by atoms with Crippen LogP contribution in [0.25, 0.3) is 0 Å². The third kappa shape index (κ3) is 2.27. The van der Waals surface area contributed by atoms with Crippen LogP contribution in [0, 0.1) is 6.92 Å². The Kier molecular flexibility index (Phi) is 3.17. The molecule has 0 saturated heterocycles. The molecule has 3 rings (SSSR count).